The van der Waals surface area contributed by atoms with Crippen LogP contribution in [0.2, 0.25) is 0 Å². The fraction of sp³-hybridized carbons (Fsp3) is 0.200. The molecule has 1 atom stereocenters. The van der Waals surface area contributed by atoms with Crippen LogP contribution in [-0.2, 0) is 0 Å². The Morgan fingerprint density at radius 2 is 2.25 bits per heavy atom. The molecule has 0 amide bonds. The first-order valence-electron chi connectivity index (χ1n) is 3.16. The minimum Gasteiger partial charge on any atom is -0.368 e. The van der Waals surface area contributed by atoms with Crippen LogP contribution in [0.3, 0.4) is 0 Å². The number of hydrogen-bond donors (Lipinski definition) is 3. The van der Waals surface area contributed by atoms with Gasteiger partial charge >= 0.3 is 0 Å². The minimum atomic E-state index is -1.89. The van der Waals surface area contributed by atoms with Crippen LogP contribution in [0.15, 0.2) is 20.0 Å². The first-order chi connectivity index (χ1) is 5.59. The lowest BCUT2D eigenvalue weighted by Crippen LogP contribution is -2.52. The third-order valence-corrected chi connectivity index (χ3v) is 1.43. The van der Waals surface area contributed by atoms with Gasteiger partial charge in [-0.15, -0.1) is 0 Å². The fourth-order valence-corrected chi connectivity index (χ4v) is 0.963. The summed E-state index contributed by atoms with van der Waals surface area (Å²) in [6.45, 7) is 0. The Kier molecular flexibility index (Phi) is 1.15. The zero-order valence-electron chi connectivity index (χ0n) is 5.97. The van der Waals surface area contributed by atoms with Crippen LogP contribution >= 0.6 is 0 Å². The molecule has 2 aliphatic rings. The van der Waals surface area contributed by atoms with Gasteiger partial charge in [-0.25, -0.2) is 9.98 Å². The van der Waals surface area contributed by atoms with Gasteiger partial charge in [-0.1, -0.05) is 0 Å². The van der Waals surface area contributed by atoms with Crippen molar-refractivity contribution in [2.45, 2.75) is 5.85 Å². The number of nitrogens with two attached hydrogens (primary N) is 2. The molecule has 7 heteroatoms. The van der Waals surface area contributed by atoms with Crippen molar-refractivity contribution in [1.29, 1.82) is 0 Å². The van der Waals surface area contributed by atoms with Crippen LogP contribution < -0.4 is 11.5 Å². The molecule has 0 aliphatic carbocycles. The molecule has 2 heterocycles. The van der Waals surface area contributed by atoms with Gasteiger partial charge in [0.25, 0.3) is 5.85 Å². The molecule has 7 nitrogen and oxygen atoms in total. The number of fused-ring (bicyclic) bond motifs is 1. The van der Waals surface area contributed by atoms with E-state index in [1.807, 2.05) is 0 Å². The number of guanidine groups is 1. The van der Waals surface area contributed by atoms with Crippen LogP contribution in [-0.4, -0.2) is 34.8 Å². The molecule has 0 aromatic heterocycles. The zero-order valence-corrected chi connectivity index (χ0v) is 5.97. The smallest absolute Gasteiger partial charge is 0.262 e. The van der Waals surface area contributed by atoms with E-state index in [2.05, 4.69) is 20.0 Å². The maximum atomic E-state index is 9.43. The highest BCUT2D eigenvalue weighted by Crippen LogP contribution is 2.12. The average molecular weight is 166 g/mol. The Morgan fingerprint density at radius 3 is 3.00 bits per heavy atom. The summed E-state index contributed by atoms with van der Waals surface area (Å²) < 4.78 is 0. The van der Waals surface area contributed by atoms with Crippen LogP contribution in [0, 0.1) is 0 Å². The normalized spacial score (nSPS) is 32.3. The van der Waals surface area contributed by atoms with Crippen molar-refractivity contribution in [1.82, 2.24) is 0 Å². The first kappa shape index (κ1) is 7.07. The Hall–Kier alpha value is -1.60. The molecule has 0 radical (unpaired) electrons. The number of nitrogens with zero attached hydrogens (tertiary/aromatic N) is 4. The number of aliphatic hydroxyl groups is 1. The highest BCUT2D eigenvalue weighted by atomic mass is 16.3. The molecular weight excluding hydrogens is 160 g/mol. The van der Waals surface area contributed by atoms with E-state index >= 15 is 0 Å². The van der Waals surface area contributed by atoms with Gasteiger partial charge < -0.3 is 10.8 Å². The van der Waals surface area contributed by atoms with Gasteiger partial charge in [0.1, 0.15) is 6.34 Å². The highest BCUT2D eigenvalue weighted by Gasteiger charge is 2.37. The molecule has 12 heavy (non-hydrogen) atoms. The average Bonchev–Trinajstić information content (AvgIpc) is 2.32. The lowest BCUT2D eigenvalue weighted by molar-refractivity contribution is 0.131. The van der Waals surface area contributed by atoms with E-state index in [9.17, 15) is 5.11 Å². The van der Waals surface area contributed by atoms with Gasteiger partial charge in [-0.05, 0) is 0 Å². The lowest BCUT2D eigenvalue weighted by atomic mass is 10.2. The molecule has 62 valence electrons. The monoisotopic (exact) mass is 166 g/mol. The molecule has 1 unspecified atom stereocenters. The molecule has 0 saturated heterocycles. The topological polar surface area (TPSA) is 122 Å². The van der Waals surface area contributed by atoms with E-state index in [-0.39, 0.29) is 17.5 Å². The molecule has 0 bridgehead atoms. The van der Waals surface area contributed by atoms with Gasteiger partial charge in [0.05, 0.1) is 0 Å². The van der Waals surface area contributed by atoms with E-state index in [0.29, 0.717) is 0 Å². The number of rotatable bonds is 0. The van der Waals surface area contributed by atoms with E-state index in [1.54, 1.807) is 0 Å². The Balaban J connectivity index is 2.54. The third-order valence-electron chi connectivity index (χ3n) is 1.43. The predicted molar refractivity (Wildman–Crippen MR) is 44.1 cm³/mol. The number of amidine groups is 1. The fourth-order valence-electron chi connectivity index (χ4n) is 0.963. The maximum absolute atomic E-state index is 9.43. The van der Waals surface area contributed by atoms with Crippen LogP contribution in [0.25, 0.3) is 0 Å². The van der Waals surface area contributed by atoms with Crippen molar-refractivity contribution in [2.75, 3.05) is 0 Å². The molecule has 0 fully saturated rings. The van der Waals surface area contributed by atoms with Crippen molar-refractivity contribution >= 4 is 23.8 Å². The van der Waals surface area contributed by atoms with Gasteiger partial charge in [0, 0.05) is 0 Å². The van der Waals surface area contributed by atoms with E-state index < -0.39 is 5.85 Å². The molecule has 0 spiro atoms. The van der Waals surface area contributed by atoms with Gasteiger partial charge in [-0.3, -0.25) is 5.73 Å². The molecular formula is C5H6N6O. The molecule has 2 rings (SSSR count). The summed E-state index contributed by atoms with van der Waals surface area (Å²) in [7, 11) is 0. The minimum absolute atomic E-state index is 0.104. The van der Waals surface area contributed by atoms with Gasteiger partial charge in [0.2, 0.25) is 5.96 Å². The molecule has 5 N–H and O–H groups in total. The van der Waals surface area contributed by atoms with E-state index in [0.717, 1.165) is 0 Å². The second-order valence-electron chi connectivity index (χ2n) is 2.35. The maximum Gasteiger partial charge on any atom is 0.262 e. The Morgan fingerprint density at radius 1 is 1.50 bits per heavy atom. The van der Waals surface area contributed by atoms with Crippen LogP contribution in [0.4, 0.5) is 0 Å². The summed E-state index contributed by atoms with van der Waals surface area (Å²) >= 11 is 0. The van der Waals surface area contributed by atoms with Crippen molar-refractivity contribution in [2.24, 2.45) is 31.4 Å². The molecule has 0 aromatic rings. The Bertz CT molecular complexity index is 349. The zero-order chi connectivity index (χ0) is 8.77. The largest absolute Gasteiger partial charge is 0.368 e. The highest BCUT2D eigenvalue weighted by molar-refractivity contribution is 6.50. The van der Waals surface area contributed by atoms with Crippen molar-refractivity contribution in [3.63, 3.8) is 0 Å². The van der Waals surface area contributed by atoms with Crippen LogP contribution in [0.1, 0.15) is 0 Å². The van der Waals surface area contributed by atoms with Crippen LogP contribution in [0.5, 0.6) is 0 Å². The third kappa shape index (κ3) is 0.840. The van der Waals surface area contributed by atoms with E-state index in [4.69, 9.17) is 11.5 Å². The summed E-state index contributed by atoms with van der Waals surface area (Å²) in [4.78, 5) is 14.6. The van der Waals surface area contributed by atoms with Gasteiger partial charge in [0.15, 0.2) is 11.5 Å². The molecule has 2 aliphatic heterocycles. The summed E-state index contributed by atoms with van der Waals surface area (Å²) in [6, 6.07) is 0. The second-order valence-corrected chi connectivity index (χ2v) is 2.35. The molecule has 0 aromatic carbocycles. The first-order valence-corrected chi connectivity index (χ1v) is 3.16. The summed E-state index contributed by atoms with van der Waals surface area (Å²) in [5.41, 5.74) is 10.7. The predicted octanol–water partition coefficient (Wildman–Crippen LogP) is -2.20. The number of hydrogen-bond acceptors (Lipinski definition) is 7. The number of aliphatic imine (C=N–C) groups is 4. The summed E-state index contributed by atoms with van der Waals surface area (Å²) in [5.74, 6) is -1.78. The summed E-state index contributed by atoms with van der Waals surface area (Å²) in [6.07, 6.45) is 1.24. The van der Waals surface area contributed by atoms with Gasteiger partial charge in [-0.2, -0.15) is 9.98 Å². The van der Waals surface area contributed by atoms with Crippen molar-refractivity contribution in [3.05, 3.63) is 0 Å². The quantitative estimate of drug-likeness (QED) is 0.354. The van der Waals surface area contributed by atoms with E-state index in [1.165, 1.54) is 6.34 Å². The SMILES string of the molecule is NC1=NC(N)(O)C2=NC=NC2=N1. The lowest BCUT2D eigenvalue weighted by Gasteiger charge is -2.20. The van der Waals surface area contributed by atoms with Crippen molar-refractivity contribution in [3.8, 4) is 0 Å². The second kappa shape index (κ2) is 1.96. The standard InChI is InChI=1S/C5H6N6O/c6-4-10-3-2(8-1-9-3)5(7,12)11-4/h1,12H,7H2,(H2,6,11). The van der Waals surface area contributed by atoms with Crippen molar-refractivity contribution < 1.29 is 5.11 Å². The Labute approximate surface area is 67.2 Å². The molecule has 0 saturated carbocycles. The summed E-state index contributed by atoms with van der Waals surface area (Å²) in [5, 5.41) is 9.43.